The zero-order valence-corrected chi connectivity index (χ0v) is 12.4. The third-order valence-electron chi connectivity index (χ3n) is 3.38. The molecule has 0 saturated heterocycles. The molecule has 0 radical (unpaired) electrons. The number of rotatable bonds is 4. The number of ketones is 1. The van der Waals surface area contributed by atoms with Crippen LogP contribution < -0.4 is 5.32 Å². The average molecular weight is 306 g/mol. The second kappa shape index (κ2) is 6.27. The van der Waals surface area contributed by atoms with Gasteiger partial charge in [0, 0.05) is 16.8 Å². The summed E-state index contributed by atoms with van der Waals surface area (Å²) in [6.45, 7) is 1.48. The lowest BCUT2D eigenvalue weighted by Gasteiger charge is -2.06. The molecular formula is C18H14N2O3. The molecule has 3 rings (SSSR count). The molecule has 0 aliphatic carbocycles. The SMILES string of the molecule is CC(=O)c1cccc(NC(=O)c2cnoc2-c2ccccc2)c1. The summed E-state index contributed by atoms with van der Waals surface area (Å²) in [4.78, 5) is 23.9. The third-order valence-corrected chi connectivity index (χ3v) is 3.38. The molecule has 0 unspecified atom stereocenters. The Hall–Kier alpha value is -3.21. The van der Waals surface area contributed by atoms with Gasteiger partial charge in [-0.1, -0.05) is 47.6 Å². The number of nitrogens with zero attached hydrogens (tertiary/aromatic N) is 1. The quantitative estimate of drug-likeness (QED) is 0.744. The molecule has 0 aliphatic heterocycles. The second-order valence-corrected chi connectivity index (χ2v) is 5.03. The molecule has 0 spiro atoms. The maximum Gasteiger partial charge on any atom is 0.261 e. The largest absolute Gasteiger partial charge is 0.355 e. The minimum absolute atomic E-state index is 0.0592. The Bertz CT molecular complexity index is 853. The summed E-state index contributed by atoms with van der Waals surface area (Å²) in [7, 11) is 0. The Morgan fingerprint density at radius 1 is 1.04 bits per heavy atom. The van der Waals surface area contributed by atoms with Gasteiger partial charge in [0.05, 0.1) is 6.20 Å². The van der Waals surface area contributed by atoms with Gasteiger partial charge in [0.2, 0.25) is 0 Å². The summed E-state index contributed by atoms with van der Waals surface area (Å²) in [6, 6.07) is 16.1. The zero-order valence-electron chi connectivity index (χ0n) is 12.4. The van der Waals surface area contributed by atoms with Crippen LogP contribution in [0.4, 0.5) is 5.69 Å². The lowest BCUT2D eigenvalue weighted by atomic mass is 10.1. The first-order chi connectivity index (χ1) is 11.1. The molecule has 5 heteroatoms. The van der Waals surface area contributed by atoms with Crippen molar-refractivity contribution in [3.05, 3.63) is 71.9 Å². The molecule has 0 saturated carbocycles. The van der Waals surface area contributed by atoms with Gasteiger partial charge < -0.3 is 9.84 Å². The second-order valence-electron chi connectivity index (χ2n) is 5.03. The van der Waals surface area contributed by atoms with E-state index in [1.807, 2.05) is 30.3 Å². The Morgan fingerprint density at radius 3 is 2.57 bits per heavy atom. The van der Waals surface area contributed by atoms with Crippen LogP contribution >= 0.6 is 0 Å². The standard InChI is InChI=1S/C18H14N2O3/c1-12(21)14-8-5-9-15(10-14)20-18(22)16-11-19-23-17(16)13-6-3-2-4-7-13/h2-11H,1H3,(H,20,22). The normalized spacial score (nSPS) is 10.3. The first kappa shape index (κ1) is 14.7. The van der Waals surface area contributed by atoms with Crippen LogP contribution in [0.1, 0.15) is 27.6 Å². The number of carbonyl (C=O) groups is 2. The van der Waals surface area contributed by atoms with Gasteiger partial charge in [0.25, 0.3) is 5.91 Å². The molecule has 23 heavy (non-hydrogen) atoms. The van der Waals surface area contributed by atoms with Crippen molar-refractivity contribution in [2.24, 2.45) is 0 Å². The van der Waals surface area contributed by atoms with Crippen LogP contribution in [0, 0.1) is 0 Å². The first-order valence-corrected chi connectivity index (χ1v) is 7.07. The van der Waals surface area contributed by atoms with E-state index in [9.17, 15) is 9.59 Å². The number of Topliss-reactive ketones (excluding diaryl/α,β-unsaturated/α-hetero) is 1. The van der Waals surface area contributed by atoms with Crippen LogP contribution in [0.25, 0.3) is 11.3 Å². The van der Waals surface area contributed by atoms with Gasteiger partial charge in [-0.25, -0.2) is 0 Å². The van der Waals surface area contributed by atoms with Crippen molar-refractivity contribution in [3.8, 4) is 11.3 Å². The van der Waals surface area contributed by atoms with Crippen LogP contribution in [-0.4, -0.2) is 16.8 Å². The van der Waals surface area contributed by atoms with E-state index >= 15 is 0 Å². The fourth-order valence-electron chi connectivity index (χ4n) is 2.21. The highest BCUT2D eigenvalue weighted by molar-refractivity contribution is 6.08. The van der Waals surface area contributed by atoms with Crippen molar-refractivity contribution in [2.75, 3.05) is 5.32 Å². The van der Waals surface area contributed by atoms with Crippen LogP contribution in [0.3, 0.4) is 0 Å². The average Bonchev–Trinajstić information content (AvgIpc) is 3.05. The molecular weight excluding hydrogens is 292 g/mol. The summed E-state index contributed by atoms with van der Waals surface area (Å²) in [6.07, 6.45) is 1.38. The molecule has 114 valence electrons. The van der Waals surface area contributed by atoms with E-state index in [0.717, 1.165) is 5.56 Å². The minimum Gasteiger partial charge on any atom is -0.355 e. The zero-order chi connectivity index (χ0) is 16.2. The topological polar surface area (TPSA) is 72.2 Å². The maximum atomic E-state index is 12.5. The predicted octanol–water partition coefficient (Wildman–Crippen LogP) is 3.80. The number of hydrogen-bond donors (Lipinski definition) is 1. The molecule has 5 nitrogen and oxygen atoms in total. The molecule has 1 amide bonds. The van der Waals surface area contributed by atoms with E-state index in [1.165, 1.54) is 13.1 Å². The van der Waals surface area contributed by atoms with E-state index < -0.39 is 0 Å². The fourth-order valence-corrected chi connectivity index (χ4v) is 2.21. The summed E-state index contributed by atoms with van der Waals surface area (Å²) >= 11 is 0. The van der Waals surface area contributed by atoms with E-state index in [4.69, 9.17) is 4.52 Å². The van der Waals surface area contributed by atoms with Crippen LogP contribution in [-0.2, 0) is 0 Å². The van der Waals surface area contributed by atoms with Gasteiger partial charge in [-0.15, -0.1) is 0 Å². The highest BCUT2D eigenvalue weighted by atomic mass is 16.5. The van der Waals surface area contributed by atoms with E-state index in [1.54, 1.807) is 24.3 Å². The smallest absolute Gasteiger partial charge is 0.261 e. The summed E-state index contributed by atoms with van der Waals surface area (Å²) in [5.74, 6) is 0.00711. The number of benzene rings is 2. The highest BCUT2D eigenvalue weighted by Crippen LogP contribution is 2.24. The monoisotopic (exact) mass is 306 g/mol. The van der Waals surface area contributed by atoms with Crippen molar-refractivity contribution in [3.63, 3.8) is 0 Å². The van der Waals surface area contributed by atoms with E-state index in [2.05, 4.69) is 10.5 Å². The number of aromatic nitrogens is 1. The molecule has 0 bridgehead atoms. The van der Waals surface area contributed by atoms with Crippen LogP contribution in [0.15, 0.2) is 65.3 Å². The molecule has 0 aliphatic rings. The van der Waals surface area contributed by atoms with Gasteiger partial charge in [-0.05, 0) is 19.1 Å². The van der Waals surface area contributed by atoms with Crippen molar-refractivity contribution in [1.29, 1.82) is 0 Å². The summed E-state index contributed by atoms with van der Waals surface area (Å²) < 4.78 is 5.21. The van der Waals surface area contributed by atoms with E-state index in [-0.39, 0.29) is 11.7 Å². The molecule has 3 aromatic rings. The van der Waals surface area contributed by atoms with Crippen molar-refractivity contribution >= 4 is 17.4 Å². The number of amides is 1. The molecule has 1 N–H and O–H groups in total. The van der Waals surface area contributed by atoms with Gasteiger partial charge in [0.15, 0.2) is 11.5 Å². The lowest BCUT2D eigenvalue weighted by Crippen LogP contribution is -2.12. The van der Waals surface area contributed by atoms with Crippen molar-refractivity contribution in [2.45, 2.75) is 6.92 Å². The molecule has 0 fully saturated rings. The maximum absolute atomic E-state index is 12.5. The van der Waals surface area contributed by atoms with Crippen LogP contribution in [0.2, 0.25) is 0 Å². The van der Waals surface area contributed by atoms with Gasteiger partial charge >= 0.3 is 0 Å². The van der Waals surface area contributed by atoms with Gasteiger partial charge in [-0.3, -0.25) is 9.59 Å². The van der Waals surface area contributed by atoms with Crippen molar-refractivity contribution < 1.29 is 14.1 Å². The van der Waals surface area contributed by atoms with Crippen LogP contribution in [0.5, 0.6) is 0 Å². The Morgan fingerprint density at radius 2 is 1.83 bits per heavy atom. The summed E-state index contributed by atoms with van der Waals surface area (Å²) in [5.41, 5.74) is 2.19. The molecule has 0 atom stereocenters. The molecule has 1 aromatic heterocycles. The van der Waals surface area contributed by atoms with E-state index in [0.29, 0.717) is 22.6 Å². The third kappa shape index (κ3) is 3.18. The number of carbonyl (C=O) groups excluding carboxylic acids is 2. The van der Waals surface area contributed by atoms with Crippen molar-refractivity contribution in [1.82, 2.24) is 5.16 Å². The number of hydrogen-bond acceptors (Lipinski definition) is 4. The van der Waals surface area contributed by atoms with Gasteiger partial charge in [0.1, 0.15) is 5.56 Å². The lowest BCUT2D eigenvalue weighted by molar-refractivity contribution is 0.101. The molecule has 2 aromatic carbocycles. The first-order valence-electron chi connectivity index (χ1n) is 7.07. The van der Waals surface area contributed by atoms with Gasteiger partial charge in [-0.2, -0.15) is 0 Å². The molecule has 1 heterocycles. The summed E-state index contributed by atoms with van der Waals surface area (Å²) in [5, 5.41) is 6.48. The highest BCUT2D eigenvalue weighted by Gasteiger charge is 2.18. The number of anilines is 1. The Kier molecular flexibility index (Phi) is 4.01. The number of nitrogens with one attached hydrogen (secondary N) is 1. The fraction of sp³-hybridized carbons (Fsp3) is 0.0556. The predicted molar refractivity (Wildman–Crippen MR) is 86.3 cm³/mol. The minimum atomic E-state index is -0.342. The Labute approximate surface area is 132 Å². The Balaban J connectivity index is 1.87.